The highest BCUT2D eigenvalue weighted by atomic mass is 127. The molecule has 2 aromatic carbocycles. The largest absolute Gasteiger partial charge is 0.301 e. The highest BCUT2D eigenvalue weighted by Gasteiger charge is 2.38. The van der Waals surface area contributed by atoms with Gasteiger partial charge in [0.05, 0.1) is 11.4 Å². The third-order valence-corrected chi connectivity index (χ3v) is 5.50. The fourth-order valence-electron chi connectivity index (χ4n) is 2.53. The summed E-state index contributed by atoms with van der Waals surface area (Å²) in [5.74, 6) is -1.90. The predicted molar refractivity (Wildman–Crippen MR) is 115 cm³/mol. The van der Waals surface area contributed by atoms with Gasteiger partial charge in [-0.15, -0.1) is 0 Å². The number of carbonyl (C=O) groups excluding carboxylic acids is 2. The fraction of sp³-hybridized carbons (Fsp3) is 0.158. The summed E-state index contributed by atoms with van der Waals surface area (Å²) in [5.41, 5.74) is 3.47. The molecule has 0 saturated carbocycles. The Bertz CT molecular complexity index is 925. The van der Waals surface area contributed by atoms with E-state index in [1.807, 2.05) is 44.2 Å². The lowest BCUT2D eigenvalue weighted by Gasteiger charge is -2.30. The van der Waals surface area contributed by atoms with Crippen molar-refractivity contribution in [1.29, 1.82) is 0 Å². The first-order chi connectivity index (χ1) is 12.4. The highest BCUT2D eigenvalue weighted by molar-refractivity contribution is 14.1. The molecule has 2 aromatic rings. The smallest absolute Gasteiger partial charge is 0.251 e. The number of aryl methyl sites for hydroxylation is 2. The van der Waals surface area contributed by atoms with E-state index in [-0.39, 0.29) is 5.11 Å². The molecular formula is C19H16IN3O2S. The number of nitrogens with one attached hydrogen (secondary N) is 1. The van der Waals surface area contributed by atoms with Crippen molar-refractivity contribution in [3.8, 4) is 0 Å². The number of amides is 2. The van der Waals surface area contributed by atoms with Crippen LogP contribution in [0.5, 0.6) is 0 Å². The van der Waals surface area contributed by atoms with Crippen molar-refractivity contribution in [3.63, 3.8) is 0 Å². The van der Waals surface area contributed by atoms with Gasteiger partial charge in [-0.3, -0.25) is 19.5 Å². The SMILES string of the molecule is Cc1ccc(N2C(=O)C(C=Nc3ccc(I)c(C)c3)C(=O)NC2=S)cc1. The summed E-state index contributed by atoms with van der Waals surface area (Å²) >= 11 is 7.43. The first-order valence-corrected chi connectivity index (χ1v) is 9.41. The maximum Gasteiger partial charge on any atom is 0.251 e. The van der Waals surface area contributed by atoms with E-state index in [4.69, 9.17) is 12.2 Å². The minimum atomic E-state index is -1.03. The van der Waals surface area contributed by atoms with Gasteiger partial charge in [0, 0.05) is 9.78 Å². The molecule has 1 heterocycles. The number of thiocarbonyl (C=S) groups is 1. The Kier molecular flexibility index (Phi) is 5.47. The molecule has 0 aliphatic carbocycles. The average Bonchev–Trinajstić information content (AvgIpc) is 2.59. The van der Waals surface area contributed by atoms with Gasteiger partial charge in [0.2, 0.25) is 5.91 Å². The van der Waals surface area contributed by atoms with E-state index in [9.17, 15) is 9.59 Å². The lowest BCUT2D eigenvalue weighted by atomic mass is 10.1. The standard InChI is InChI=1S/C19H16IN3O2S/c1-11-3-6-14(7-4-11)23-18(25)15(17(24)22-19(23)26)10-21-13-5-8-16(20)12(2)9-13/h3-10,15H,1-2H3,(H,22,24,26). The predicted octanol–water partition coefficient (Wildman–Crippen LogP) is 3.67. The van der Waals surface area contributed by atoms with Gasteiger partial charge < -0.3 is 5.32 Å². The summed E-state index contributed by atoms with van der Waals surface area (Å²) in [4.78, 5) is 30.8. The second-order valence-corrected chi connectivity index (χ2v) is 7.54. The van der Waals surface area contributed by atoms with Gasteiger partial charge in [0.25, 0.3) is 5.91 Å². The van der Waals surface area contributed by atoms with Crippen LogP contribution < -0.4 is 10.2 Å². The van der Waals surface area contributed by atoms with Crippen molar-refractivity contribution >= 4 is 69.3 Å². The second kappa shape index (κ2) is 7.63. The molecule has 2 amide bonds. The van der Waals surface area contributed by atoms with Gasteiger partial charge in [0.15, 0.2) is 11.0 Å². The first-order valence-electron chi connectivity index (χ1n) is 7.92. The summed E-state index contributed by atoms with van der Waals surface area (Å²) in [7, 11) is 0. The molecule has 7 heteroatoms. The van der Waals surface area contributed by atoms with E-state index in [1.54, 1.807) is 12.1 Å². The number of rotatable bonds is 3. The number of aliphatic imine (C=N–C) groups is 1. The number of anilines is 1. The van der Waals surface area contributed by atoms with E-state index >= 15 is 0 Å². The highest BCUT2D eigenvalue weighted by Crippen LogP contribution is 2.22. The molecule has 0 radical (unpaired) electrons. The Balaban J connectivity index is 1.88. The number of halogens is 1. The lowest BCUT2D eigenvalue weighted by molar-refractivity contribution is -0.130. The van der Waals surface area contributed by atoms with Crippen molar-refractivity contribution in [2.45, 2.75) is 13.8 Å². The molecule has 1 aliphatic heterocycles. The number of benzene rings is 2. The first kappa shape index (κ1) is 18.7. The normalized spacial score (nSPS) is 17.7. The van der Waals surface area contributed by atoms with E-state index in [0.717, 1.165) is 14.7 Å². The summed E-state index contributed by atoms with van der Waals surface area (Å²) in [6, 6.07) is 13.1. The molecule has 26 heavy (non-hydrogen) atoms. The van der Waals surface area contributed by atoms with Crippen molar-refractivity contribution < 1.29 is 9.59 Å². The van der Waals surface area contributed by atoms with E-state index in [2.05, 4.69) is 32.9 Å². The zero-order valence-corrected chi connectivity index (χ0v) is 17.2. The van der Waals surface area contributed by atoms with Crippen molar-refractivity contribution in [1.82, 2.24) is 5.32 Å². The molecule has 132 valence electrons. The molecule has 0 bridgehead atoms. The van der Waals surface area contributed by atoms with Crippen LogP contribution in [0.15, 0.2) is 47.5 Å². The molecule has 3 rings (SSSR count). The maximum absolute atomic E-state index is 12.9. The Morgan fingerprint density at radius 1 is 1.15 bits per heavy atom. The van der Waals surface area contributed by atoms with Crippen LogP contribution in [0.25, 0.3) is 0 Å². The summed E-state index contributed by atoms with van der Waals surface area (Å²) in [5, 5.41) is 2.67. The topological polar surface area (TPSA) is 61.8 Å². The Labute approximate surface area is 170 Å². The van der Waals surface area contributed by atoms with Gasteiger partial charge in [0.1, 0.15) is 0 Å². The third-order valence-electron chi connectivity index (χ3n) is 4.01. The lowest BCUT2D eigenvalue weighted by Crippen LogP contribution is -2.58. The minimum absolute atomic E-state index is 0.0820. The summed E-state index contributed by atoms with van der Waals surface area (Å²) in [6.07, 6.45) is 1.38. The van der Waals surface area contributed by atoms with Crippen LogP contribution in [-0.2, 0) is 9.59 Å². The van der Waals surface area contributed by atoms with Crippen molar-refractivity contribution in [3.05, 3.63) is 57.2 Å². The van der Waals surface area contributed by atoms with Gasteiger partial charge in [-0.25, -0.2) is 0 Å². The molecule has 1 fully saturated rings. The molecule has 1 unspecified atom stereocenters. The fourth-order valence-corrected chi connectivity index (χ4v) is 3.16. The van der Waals surface area contributed by atoms with Crippen LogP contribution in [-0.4, -0.2) is 23.1 Å². The number of hydrogen-bond acceptors (Lipinski definition) is 4. The van der Waals surface area contributed by atoms with Crippen LogP contribution in [0.2, 0.25) is 0 Å². The minimum Gasteiger partial charge on any atom is -0.301 e. The van der Waals surface area contributed by atoms with Gasteiger partial charge in [-0.05, 0) is 84.6 Å². The molecule has 0 aromatic heterocycles. The Hall–Kier alpha value is -2.13. The molecule has 1 aliphatic rings. The number of nitrogens with zero attached hydrogens (tertiary/aromatic N) is 2. The van der Waals surface area contributed by atoms with Crippen LogP contribution in [0, 0.1) is 23.3 Å². The Morgan fingerprint density at radius 3 is 2.50 bits per heavy atom. The van der Waals surface area contributed by atoms with Crippen LogP contribution in [0.1, 0.15) is 11.1 Å². The molecule has 1 saturated heterocycles. The molecule has 1 atom stereocenters. The second-order valence-electron chi connectivity index (χ2n) is 5.99. The molecule has 0 spiro atoms. The molecule has 1 N–H and O–H groups in total. The van der Waals surface area contributed by atoms with Crippen LogP contribution >= 0.6 is 34.8 Å². The maximum atomic E-state index is 12.9. The van der Waals surface area contributed by atoms with Crippen LogP contribution in [0.3, 0.4) is 0 Å². The van der Waals surface area contributed by atoms with Crippen molar-refractivity contribution in [2.75, 3.05) is 4.90 Å². The zero-order valence-electron chi connectivity index (χ0n) is 14.2. The zero-order chi connectivity index (χ0) is 18.8. The van der Waals surface area contributed by atoms with E-state index < -0.39 is 17.7 Å². The molecule has 5 nitrogen and oxygen atoms in total. The molecular weight excluding hydrogens is 461 g/mol. The Morgan fingerprint density at radius 2 is 1.85 bits per heavy atom. The van der Waals surface area contributed by atoms with Crippen molar-refractivity contribution in [2.24, 2.45) is 10.9 Å². The van der Waals surface area contributed by atoms with Gasteiger partial charge in [-0.2, -0.15) is 0 Å². The van der Waals surface area contributed by atoms with Gasteiger partial charge >= 0.3 is 0 Å². The quantitative estimate of drug-likeness (QED) is 0.318. The van der Waals surface area contributed by atoms with Gasteiger partial charge in [-0.1, -0.05) is 17.7 Å². The van der Waals surface area contributed by atoms with E-state index in [1.165, 1.54) is 11.1 Å². The average molecular weight is 477 g/mol. The summed E-state index contributed by atoms with van der Waals surface area (Å²) in [6.45, 7) is 3.94. The monoisotopic (exact) mass is 477 g/mol. The third kappa shape index (κ3) is 3.83. The number of hydrogen-bond donors (Lipinski definition) is 1. The number of carbonyl (C=O) groups is 2. The van der Waals surface area contributed by atoms with Crippen LogP contribution in [0.4, 0.5) is 11.4 Å². The van der Waals surface area contributed by atoms with E-state index in [0.29, 0.717) is 11.4 Å². The summed E-state index contributed by atoms with van der Waals surface area (Å²) < 4.78 is 1.13.